The lowest BCUT2D eigenvalue weighted by atomic mass is 10.1. The van der Waals surface area contributed by atoms with Gasteiger partial charge in [-0.15, -0.1) is 11.3 Å². The van der Waals surface area contributed by atoms with E-state index < -0.39 is 0 Å². The normalized spacial score (nSPS) is 12.5. The second-order valence-electron chi connectivity index (χ2n) is 2.25. The van der Waals surface area contributed by atoms with Crippen LogP contribution in [0.4, 0.5) is 0 Å². The molecular weight excluding hydrogens is 160 g/mol. The molecule has 0 aliphatic rings. The van der Waals surface area contributed by atoms with Crippen molar-refractivity contribution >= 4 is 17.2 Å². The van der Waals surface area contributed by atoms with E-state index in [-0.39, 0.29) is 11.8 Å². The van der Waals surface area contributed by atoms with Crippen molar-refractivity contribution in [3.63, 3.8) is 0 Å². The van der Waals surface area contributed by atoms with Gasteiger partial charge in [-0.3, -0.25) is 10.2 Å². The number of carbonyl (C=O) groups excluding carboxylic acids is 1. The van der Waals surface area contributed by atoms with Crippen LogP contribution in [0.5, 0.6) is 0 Å². The quantitative estimate of drug-likeness (QED) is 0.392. The summed E-state index contributed by atoms with van der Waals surface area (Å²) in [7, 11) is 0. The molecule has 60 valence electrons. The molecule has 0 fully saturated rings. The average molecular weight is 170 g/mol. The Morgan fingerprint density at radius 3 is 3.00 bits per heavy atom. The molecule has 0 spiro atoms. The first kappa shape index (κ1) is 8.23. The molecule has 0 radical (unpaired) electrons. The van der Waals surface area contributed by atoms with E-state index in [2.05, 4.69) is 5.43 Å². The Hall–Kier alpha value is -0.870. The van der Waals surface area contributed by atoms with Crippen molar-refractivity contribution in [2.75, 3.05) is 0 Å². The van der Waals surface area contributed by atoms with Crippen LogP contribution in [0.15, 0.2) is 17.5 Å². The molecular formula is C7H10N2OS. The predicted octanol–water partition coefficient (Wildman–Crippen LogP) is 0.841. The van der Waals surface area contributed by atoms with Gasteiger partial charge < -0.3 is 0 Å². The maximum Gasteiger partial charge on any atom is 0.241 e. The monoisotopic (exact) mass is 170 g/mol. The van der Waals surface area contributed by atoms with Gasteiger partial charge in [-0.2, -0.15) is 0 Å². The van der Waals surface area contributed by atoms with Crippen molar-refractivity contribution in [3.05, 3.63) is 22.4 Å². The van der Waals surface area contributed by atoms with E-state index in [9.17, 15) is 4.79 Å². The van der Waals surface area contributed by atoms with Crippen LogP contribution in [-0.4, -0.2) is 5.91 Å². The fourth-order valence-corrected chi connectivity index (χ4v) is 1.57. The van der Waals surface area contributed by atoms with E-state index >= 15 is 0 Å². The van der Waals surface area contributed by atoms with Crippen molar-refractivity contribution in [3.8, 4) is 0 Å². The molecule has 1 aromatic heterocycles. The highest BCUT2D eigenvalue weighted by Crippen LogP contribution is 2.19. The summed E-state index contributed by atoms with van der Waals surface area (Å²) in [5, 5.41) is 1.94. The van der Waals surface area contributed by atoms with Gasteiger partial charge in [0.2, 0.25) is 5.91 Å². The van der Waals surface area contributed by atoms with E-state index in [0.717, 1.165) is 4.88 Å². The van der Waals surface area contributed by atoms with Crippen LogP contribution >= 0.6 is 11.3 Å². The van der Waals surface area contributed by atoms with Gasteiger partial charge in [0.05, 0.1) is 5.92 Å². The largest absolute Gasteiger partial charge is 0.294 e. The molecule has 3 nitrogen and oxygen atoms in total. The molecule has 3 N–H and O–H groups in total. The Bertz CT molecular complexity index is 233. The minimum atomic E-state index is -0.146. The topological polar surface area (TPSA) is 55.1 Å². The number of carbonyl (C=O) groups is 1. The maximum atomic E-state index is 11.0. The highest BCUT2D eigenvalue weighted by atomic mass is 32.1. The Morgan fingerprint density at radius 1 is 1.82 bits per heavy atom. The van der Waals surface area contributed by atoms with Crippen molar-refractivity contribution in [1.82, 2.24) is 5.43 Å². The van der Waals surface area contributed by atoms with E-state index in [1.165, 1.54) is 0 Å². The highest BCUT2D eigenvalue weighted by Gasteiger charge is 2.13. The number of hydrogen-bond acceptors (Lipinski definition) is 3. The van der Waals surface area contributed by atoms with Gasteiger partial charge in [0.1, 0.15) is 0 Å². The number of hydrazine groups is 1. The first-order valence-electron chi connectivity index (χ1n) is 3.29. The zero-order valence-corrected chi connectivity index (χ0v) is 7.02. The van der Waals surface area contributed by atoms with Crippen LogP contribution in [0.1, 0.15) is 17.7 Å². The number of nitrogens with one attached hydrogen (secondary N) is 1. The first-order valence-corrected chi connectivity index (χ1v) is 4.17. The first-order chi connectivity index (χ1) is 5.25. The van der Waals surface area contributed by atoms with Crippen LogP contribution in [0, 0.1) is 0 Å². The molecule has 0 aliphatic carbocycles. The zero-order valence-electron chi connectivity index (χ0n) is 6.20. The van der Waals surface area contributed by atoms with E-state index in [1.54, 1.807) is 11.3 Å². The molecule has 4 heteroatoms. The Balaban J connectivity index is 2.70. The third-order valence-corrected chi connectivity index (χ3v) is 2.56. The van der Waals surface area contributed by atoms with Gasteiger partial charge in [0, 0.05) is 4.88 Å². The smallest absolute Gasteiger partial charge is 0.241 e. The summed E-state index contributed by atoms with van der Waals surface area (Å²) >= 11 is 1.56. The zero-order chi connectivity index (χ0) is 8.27. The number of amides is 1. The van der Waals surface area contributed by atoms with Crippen molar-refractivity contribution < 1.29 is 4.79 Å². The van der Waals surface area contributed by atoms with Crippen LogP contribution in [0.25, 0.3) is 0 Å². The summed E-state index contributed by atoms with van der Waals surface area (Å²) in [6.45, 7) is 1.83. The van der Waals surface area contributed by atoms with Gasteiger partial charge in [0.15, 0.2) is 0 Å². The van der Waals surface area contributed by atoms with Crippen molar-refractivity contribution in [2.24, 2.45) is 5.84 Å². The standard InChI is InChI=1S/C7H10N2OS/c1-5(7(10)9-8)6-3-2-4-11-6/h2-5H,8H2,1H3,(H,9,10). The molecule has 1 rings (SSSR count). The molecule has 1 unspecified atom stereocenters. The SMILES string of the molecule is CC(C(=O)NN)c1cccs1. The molecule has 0 bridgehead atoms. The van der Waals surface area contributed by atoms with Gasteiger partial charge in [-0.1, -0.05) is 6.07 Å². The third kappa shape index (κ3) is 1.78. The molecule has 11 heavy (non-hydrogen) atoms. The highest BCUT2D eigenvalue weighted by molar-refractivity contribution is 7.10. The van der Waals surface area contributed by atoms with Crippen LogP contribution in [0.2, 0.25) is 0 Å². The molecule has 0 aromatic carbocycles. The molecule has 1 atom stereocenters. The Morgan fingerprint density at radius 2 is 2.55 bits per heavy atom. The number of thiophene rings is 1. The lowest BCUT2D eigenvalue weighted by molar-refractivity contribution is -0.122. The van der Waals surface area contributed by atoms with E-state index in [0.29, 0.717) is 0 Å². The summed E-state index contributed by atoms with van der Waals surface area (Å²) in [6, 6.07) is 3.84. The summed E-state index contributed by atoms with van der Waals surface area (Å²) in [5.74, 6) is 4.70. The second-order valence-corrected chi connectivity index (χ2v) is 3.22. The lowest BCUT2D eigenvalue weighted by Gasteiger charge is -2.05. The van der Waals surface area contributed by atoms with Crippen LogP contribution in [0.3, 0.4) is 0 Å². The lowest BCUT2D eigenvalue weighted by Crippen LogP contribution is -2.33. The summed E-state index contributed by atoms with van der Waals surface area (Å²) in [4.78, 5) is 12.0. The summed E-state index contributed by atoms with van der Waals surface area (Å²) in [6.07, 6.45) is 0. The molecule has 1 heterocycles. The van der Waals surface area contributed by atoms with Crippen LogP contribution < -0.4 is 11.3 Å². The van der Waals surface area contributed by atoms with Gasteiger partial charge in [-0.05, 0) is 18.4 Å². The fourth-order valence-electron chi connectivity index (χ4n) is 0.792. The van der Waals surface area contributed by atoms with Crippen molar-refractivity contribution in [2.45, 2.75) is 12.8 Å². The van der Waals surface area contributed by atoms with Gasteiger partial charge in [0.25, 0.3) is 0 Å². The number of nitrogens with two attached hydrogens (primary N) is 1. The maximum absolute atomic E-state index is 11.0. The molecule has 0 saturated heterocycles. The van der Waals surface area contributed by atoms with E-state index in [4.69, 9.17) is 5.84 Å². The molecule has 0 aliphatic heterocycles. The third-order valence-electron chi connectivity index (χ3n) is 1.51. The second kappa shape index (κ2) is 3.50. The number of hydrogen-bond donors (Lipinski definition) is 2. The number of rotatable bonds is 2. The van der Waals surface area contributed by atoms with Crippen LogP contribution in [-0.2, 0) is 4.79 Å². The van der Waals surface area contributed by atoms with E-state index in [1.807, 2.05) is 24.4 Å². The Kier molecular flexibility index (Phi) is 2.62. The summed E-state index contributed by atoms with van der Waals surface area (Å²) < 4.78 is 0. The minimum absolute atomic E-state index is 0.139. The fraction of sp³-hybridized carbons (Fsp3) is 0.286. The molecule has 1 aromatic rings. The average Bonchev–Trinajstić information content (AvgIpc) is 2.53. The van der Waals surface area contributed by atoms with Gasteiger partial charge in [-0.25, -0.2) is 5.84 Å². The molecule has 1 amide bonds. The Labute approximate surface area is 69.2 Å². The van der Waals surface area contributed by atoms with Gasteiger partial charge >= 0.3 is 0 Å². The summed E-state index contributed by atoms with van der Waals surface area (Å²) in [5.41, 5.74) is 2.12. The van der Waals surface area contributed by atoms with Crippen molar-refractivity contribution in [1.29, 1.82) is 0 Å². The minimum Gasteiger partial charge on any atom is -0.294 e. The molecule has 0 saturated carbocycles. The predicted molar refractivity (Wildman–Crippen MR) is 45.1 cm³/mol.